The first-order chi connectivity index (χ1) is 7.00. The zero-order valence-electron chi connectivity index (χ0n) is 7.84. The van der Waals surface area contributed by atoms with Crippen molar-refractivity contribution in [2.24, 2.45) is 5.73 Å². The Morgan fingerprint density at radius 3 is 2.40 bits per heavy atom. The molecule has 6 heteroatoms. The summed E-state index contributed by atoms with van der Waals surface area (Å²) >= 11 is 0. The minimum absolute atomic E-state index is 0.00970. The molecule has 0 aliphatic carbocycles. The van der Waals surface area contributed by atoms with Crippen LogP contribution in [-0.4, -0.2) is 16.9 Å². The average Bonchev–Trinajstić information content (AvgIpc) is 2.18. The second-order valence-corrected chi connectivity index (χ2v) is 3.10. The van der Waals surface area contributed by atoms with Crippen molar-refractivity contribution in [2.75, 3.05) is 0 Å². The van der Waals surface area contributed by atoms with E-state index in [9.17, 15) is 14.9 Å². The number of nitrogens with one attached hydrogen (secondary N) is 1. The minimum Gasteiger partial charge on any atom is -0.320 e. The highest BCUT2D eigenvalue weighted by Gasteiger charge is 2.11. The summed E-state index contributed by atoms with van der Waals surface area (Å²) in [6, 6.07) is 4.88. The Morgan fingerprint density at radius 2 is 2.00 bits per heavy atom. The van der Waals surface area contributed by atoms with Crippen molar-refractivity contribution in [2.45, 2.75) is 12.5 Å². The molecule has 0 heterocycles. The summed E-state index contributed by atoms with van der Waals surface area (Å²) in [6.45, 7) is 0. The lowest BCUT2D eigenvalue weighted by Crippen LogP contribution is -2.33. The van der Waals surface area contributed by atoms with Crippen molar-refractivity contribution in [1.82, 2.24) is 5.73 Å². The fourth-order valence-electron chi connectivity index (χ4n) is 1.10. The predicted molar refractivity (Wildman–Crippen MR) is 52.9 cm³/mol. The molecule has 0 saturated carbocycles. The molecule has 0 fully saturated rings. The van der Waals surface area contributed by atoms with Gasteiger partial charge in [0, 0.05) is 12.1 Å². The summed E-state index contributed by atoms with van der Waals surface area (Å²) in [6.07, 6.45) is 0.223. The van der Waals surface area contributed by atoms with Crippen molar-refractivity contribution in [3.63, 3.8) is 0 Å². The van der Waals surface area contributed by atoms with E-state index in [-0.39, 0.29) is 12.1 Å². The first kappa shape index (κ1) is 11.1. The SMILES string of the molecule is [NH]C(=O)[C@@H](N)Cc1ccc([N+](=O)[O-])cc1. The standard InChI is InChI=1S/C9H10N3O3/c10-8(9(11)13)5-6-1-3-7(4-2-6)12(14)15/h1-4,8,11H,5,10H2/t8-/m0/s1. The lowest BCUT2D eigenvalue weighted by molar-refractivity contribution is -0.384. The number of hydrogen-bond donors (Lipinski definition) is 1. The van der Waals surface area contributed by atoms with Gasteiger partial charge in [0.05, 0.1) is 11.0 Å². The molecule has 79 valence electrons. The summed E-state index contributed by atoms with van der Waals surface area (Å²) in [5, 5.41) is 10.3. The van der Waals surface area contributed by atoms with E-state index in [1.54, 1.807) is 0 Å². The van der Waals surface area contributed by atoms with Gasteiger partial charge in [-0.2, -0.15) is 0 Å². The van der Waals surface area contributed by atoms with E-state index in [2.05, 4.69) is 0 Å². The molecule has 0 saturated heterocycles. The normalized spacial score (nSPS) is 12.1. The fraction of sp³-hybridized carbons (Fsp3) is 0.222. The van der Waals surface area contributed by atoms with Gasteiger partial charge in [0.15, 0.2) is 0 Å². The topological polar surface area (TPSA) is 110 Å². The molecule has 3 N–H and O–H groups in total. The zero-order chi connectivity index (χ0) is 11.4. The van der Waals surface area contributed by atoms with Gasteiger partial charge >= 0.3 is 0 Å². The van der Waals surface area contributed by atoms with Crippen LogP contribution in [0.4, 0.5) is 5.69 Å². The van der Waals surface area contributed by atoms with Crippen LogP contribution in [0.15, 0.2) is 24.3 Å². The van der Waals surface area contributed by atoms with Gasteiger partial charge in [-0.15, -0.1) is 0 Å². The largest absolute Gasteiger partial charge is 0.320 e. The van der Waals surface area contributed by atoms with Crippen LogP contribution in [0.3, 0.4) is 0 Å². The molecule has 0 spiro atoms. The molecule has 15 heavy (non-hydrogen) atoms. The molecule has 0 unspecified atom stereocenters. The van der Waals surface area contributed by atoms with Crippen molar-refractivity contribution in [3.05, 3.63) is 39.9 Å². The smallest absolute Gasteiger partial charge is 0.269 e. The lowest BCUT2D eigenvalue weighted by atomic mass is 10.1. The molecule has 1 aromatic carbocycles. The molecular weight excluding hydrogens is 198 g/mol. The highest BCUT2D eigenvalue weighted by molar-refractivity contribution is 5.79. The Morgan fingerprint density at radius 1 is 1.47 bits per heavy atom. The number of nitro groups is 1. The monoisotopic (exact) mass is 208 g/mol. The van der Waals surface area contributed by atoms with Crippen LogP contribution >= 0.6 is 0 Å². The molecular formula is C9H10N3O3. The van der Waals surface area contributed by atoms with Crippen LogP contribution < -0.4 is 11.5 Å². The molecule has 1 aromatic rings. The molecule has 0 bridgehead atoms. The van der Waals surface area contributed by atoms with Crippen LogP contribution in [0, 0.1) is 10.1 Å². The third kappa shape index (κ3) is 3.03. The molecule has 1 amide bonds. The number of benzene rings is 1. The van der Waals surface area contributed by atoms with E-state index in [1.807, 2.05) is 0 Å². The van der Waals surface area contributed by atoms with Gasteiger partial charge in [0.25, 0.3) is 11.6 Å². The second kappa shape index (κ2) is 4.52. The van der Waals surface area contributed by atoms with Gasteiger partial charge in [-0.05, 0) is 12.0 Å². The highest BCUT2D eigenvalue weighted by Crippen LogP contribution is 2.12. The maximum Gasteiger partial charge on any atom is 0.269 e. The number of nitrogens with two attached hydrogens (primary N) is 1. The highest BCUT2D eigenvalue weighted by atomic mass is 16.6. The Hall–Kier alpha value is -1.95. The molecule has 0 aliphatic heterocycles. The van der Waals surface area contributed by atoms with E-state index in [0.29, 0.717) is 5.56 Å². The Balaban J connectivity index is 2.72. The summed E-state index contributed by atoms with van der Waals surface area (Å²) in [5.41, 5.74) is 12.8. The zero-order valence-corrected chi connectivity index (χ0v) is 7.84. The third-order valence-electron chi connectivity index (χ3n) is 1.94. The summed E-state index contributed by atoms with van der Waals surface area (Å²) in [4.78, 5) is 20.4. The molecule has 6 nitrogen and oxygen atoms in total. The summed E-state index contributed by atoms with van der Waals surface area (Å²) in [7, 11) is 0. The number of carbonyl (C=O) groups is 1. The van der Waals surface area contributed by atoms with Crippen LogP contribution in [0.1, 0.15) is 5.56 Å². The first-order valence-corrected chi connectivity index (χ1v) is 4.25. The van der Waals surface area contributed by atoms with E-state index in [1.165, 1.54) is 24.3 Å². The van der Waals surface area contributed by atoms with Crippen molar-refractivity contribution < 1.29 is 9.72 Å². The summed E-state index contributed by atoms with van der Waals surface area (Å²) < 4.78 is 0. The van der Waals surface area contributed by atoms with Crippen LogP contribution in [0.2, 0.25) is 0 Å². The quantitative estimate of drug-likeness (QED) is 0.565. The second-order valence-electron chi connectivity index (χ2n) is 3.10. The number of non-ortho nitro benzene ring substituents is 1. The maximum absolute atomic E-state index is 10.6. The fourth-order valence-corrected chi connectivity index (χ4v) is 1.10. The van der Waals surface area contributed by atoms with Crippen molar-refractivity contribution in [3.8, 4) is 0 Å². The molecule has 1 atom stereocenters. The first-order valence-electron chi connectivity index (χ1n) is 4.25. The van der Waals surface area contributed by atoms with E-state index in [4.69, 9.17) is 11.5 Å². The maximum atomic E-state index is 10.6. The van der Waals surface area contributed by atoms with Gasteiger partial charge in [-0.1, -0.05) is 12.1 Å². The minimum atomic E-state index is -0.869. The Labute approximate surface area is 86.0 Å². The number of carbonyl (C=O) groups excluding carboxylic acids is 1. The van der Waals surface area contributed by atoms with Crippen LogP contribution in [-0.2, 0) is 11.2 Å². The molecule has 0 aromatic heterocycles. The van der Waals surface area contributed by atoms with E-state index < -0.39 is 16.9 Å². The molecule has 1 rings (SSSR count). The van der Waals surface area contributed by atoms with Gasteiger partial charge in [-0.3, -0.25) is 20.6 Å². The average molecular weight is 208 g/mol. The van der Waals surface area contributed by atoms with Crippen LogP contribution in [0.5, 0.6) is 0 Å². The number of nitrogens with zero attached hydrogens (tertiary/aromatic N) is 1. The van der Waals surface area contributed by atoms with E-state index >= 15 is 0 Å². The Bertz CT molecular complexity index is 375. The molecule has 1 radical (unpaired) electrons. The molecule has 0 aliphatic rings. The van der Waals surface area contributed by atoms with E-state index in [0.717, 1.165) is 0 Å². The lowest BCUT2D eigenvalue weighted by Gasteiger charge is -2.05. The predicted octanol–water partition coefficient (Wildman–Crippen LogP) is 0.274. The van der Waals surface area contributed by atoms with Crippen molar-refractivity contribution in [1.29, 1.82) is 0 Å². The van der Waals surface area contributed by atoms with Crippen LogP contribution in [0.25, 0.3) is 0 Å². The van der Waals surface area contributed by atoms with Gasteiger partial charge in [0.2, 0.25) is 0 Å². The third-order valence-corrected chi connectivity index (χ3v) is 1.94. The number of amides is 1. The number of hydrogen-bond acceptors (Lipinski definition) is 4. The van der Waals surface area contributed by atoms with Gasteiger partial charge < -0.3 is 5.73 Å². The van der Waals surface area contributed by atoms with Crippen molar-refractivity contribution >= 4 is 11.6 Å². The van der Waals surface area contributed by atoms with Gasteiger partial charge in [0.1, 0.15) is 0 Å². The number of nitro benzene ring substituents is 1. The number of rotatable bonds is 4. The van der Waals surface area contributed by atoms with Gasteiger partial charge in [-0.25, -0.2) is 0 Å². The summed E-state index contributed by atoms with van der Waals surface area (Å²) in [5.74, 6) is -0.839. The Kier molecular flexibility index (Phi) is 3.35.